The monoisotopic (exact) mass is 304 g/mol. The van der Waals surface area contributed by atoms with E-state index >= 15 is 0 Å². The third kappa shape index (κ3) is 2.00. The van der Waals surface area contributed by atoms with Gasteiger partial charge in [-0.1, -0.05) is 31.9 Å². The van der Waals surface area contributed by atoms with Crippen molar-refractivity contribution in [2.24, 2.45) is 0 Å². The fraction of sp³-hybridized carbons (Fsp3) is 1.00. The molecule has 1 fully saturated rings. The first kappa shape index (κ1) is 10.9. The Morgan fingerprint density at radius 2 is 1.75 bits per heavy atom. The molecule has 0 aromatic rings. The summed E-state index contributed by atoms with van der Waals surface area (Å²) < 4.78 is 5.14. The predicted molar refractivity (Wildman–Crippen MR) is 49.4 cm³/mol. The molecule has 1 rings (SSSR count). The molecule has 6 heteroatoms. The van der Waals surface area contributed by atoms with Crippen molar-refractivity contribution in [1.29, 1.82) is 0 Å². The van der Waals surface area contributed by atoms with Gasteiger partial charge in [0.2, 0.25) is 0 Å². The second-order valence-corrected chi connectivity index (χ2v) is 4.59. The molecule has 4 nitrogen and oxygen atoms in total. The topological polar surface area (TPSA) is 69.9 Å². The fourth-order valence-corrected chi connectivity index (χ4v) is 2.06. The standard InChI is InChI=1S/C6H10Br2O4/c7-3-5(11)4(10)2(1-9)12-6(3)8/h2-6,9-11H,1H2/t2-,3-,4-,5-,6?/m1/s1. The number of aliphatic hydroxyl groups is 3. The van der Waals surface area contributed by atoms with Crippen molar-refractivity contribution in [2.75, 3.05) is 6.61 Å². The van der Waals surface area contributed by atoms with E-state index in [2.05, 4.69) is 31.9 Å². The Balaban J connectivity index is 2.63. The molecule has 1 unspecified atom stereocenters. The zero-order valence-corrected chi connectivity index (χ0v) is 9.27. The summed E-state index contributed by atoms with van der Waals surface area (Å²) in [5.74, 6) is 0. The molecular formula is C6H10Br2O4. The highest BCUT2D eigenvalue weighted by molar-refractivity contribution is 9.12. The van der Waals surface area contributed by atoms with Crippen LogP contribution in [0.15, 0.2) is 0 Å². The van der Waals surface area contributed by atoms with Crippen molar-refractivity contribution < 1.29 is 20.1 Å². The van der Waals surface area contributed by atoms with Gasteiger partial charge in [0, 0.05) is 0 Å². The third-order valence-corrected chi connectivity index (χ3v) is 4.31. The lowest BCUT2D eigenvalue weighted by Gasteiger charge is -2.37. The summed E-state index contributed by atoms with van der Waals surface area (Å²) in [6.07, 6.45) is -2.70. The SMILES string of the molecule is OC[C@H]1OC(Br)[C@H](Br)[C@@H](O)[C@@H]1O. The zero-order valence-electron chi connectivity index (χ0n) is 6.10. The van der Waals surface area contributed by atoms with Crippen LogP contribution in [-0.4, -0.2) is 50.1 Å². The molecule has 0 aliphatic carbocycles. The van der Waals surface area contributed by atoms with Gasteiger partial charge in [0.15, 0.2) is 0 Å². The van der Waals surface area contributed by atoms with Crippen molar-refractivity contribution in [1.82, 2.24) is 0 Å². The van der Waals surface area contributed by atoms with Crippen LogP contribution in [0.4, 0.5) is 0 Å². The third-order valence-electron chi connectivity index (χ3n) is 1.79. The van der Waals surface area contributed by atoms with Gasteiger partial charge in [0.1, 0.15) is 17.2 Å². The van der Waals surface area contributed by atoms with Gasteiger partial charge < -0.3 is 20.1 Å². The minimum atomic E-state index is -1.05. The molecule has 1 aliphatic heterocycles. The van der Waals surface area contributed by atoms with E-state index in [9.17, 15) is 10.2 Å². The van der Waals surface area contributed by atoms with Crippen molar-refractivity contribution in [3.63, 3.8) is 0 Å². The molecule has 0 spiro atoms. The molecule has 0 aromatic heterocycles. The number of alkyl halides is 2. The lowest BCUT2D eigenvalue weighted by atomic mass is 10.0. The van der Waals surface area contributed by atoms with Gasteiger partial charge in [-0.05, 0) is 0 Å². The van der Waals surface area contributed by atoms with Gasteiger partial charge in [0.05, 0.1) is 17.5 Å². The molecule has 72 valence electrons. The van der Waals surface area contributed by atoms with E-state index in [0.717, 1.165) is 0 Å². The van der Waals surface area contributed by atoms with E-state index < -0.39 is 23.3 Å². The molecule has 1 aliphatic rings. The molecule has 0 aromatic carbocycles. The number of ether oxygens (including phenoxy) is 1. The summed E-state index contributed by atoms with van der Waals surface area (Å²) in [6, 6.07) is 0. The predicted octanol–water partition coefficient (Wildman–Crippen LogP) is -0.416. The maximum Gasteiger partial charge on any atom is 0.128 e. The Hall–Kier alpha value is 0.800. The normalized spacial score (nSPS) is 49.2. The summed E-state index contributed by atoms with van der Waals surface area (Å²) in [6.45, 7) is -0.306. The summed E-state index contributed by atoms with van der Waals surface area (Å²) in [5, 5.41) is 27.1. The summed E-state index contributed by atoms with van der Waals surface area (Å²) in [4.78, 5) is -0.365. The van der Waals surface area contributed by atoms with Gasteiger partial charge >= 0.3 is 0 Å². The van der Waals surface area contributed by atoms with E-state index in [0.29, 0.717) is 0 Å². The van der Waals surface area contributed by atoms with Crippen LogP contribution in [-0.2, 0) is 4.74 Å². The quantitative estimate of drug-likeness (QED) is 0.576. The lowest BCUT2D eigenvalue weighted by Crippen LogP contribution is -2.54. The zero-order chi connectivity index (χ0) is 9.30. The van der Waals surface area contributed by atoms with E-state index in [1.807, 2.05) is 0 Å². The average Bonchev–Trinajstić information content (AvgIpc) is 2.08. The van der Waals surface area contributed by atoms with E-state index in [4.69, 9.17) is 9.84 Å². The molecule has 0 saturated carbocycles. The maximum atomic E-state index is 9.40. The number of aliphatic hydroxyl groups excluding tert-OH is 3. The molecular weight excluding hydrogens is 296 g/mol. The van der Waals surface area contributed by atoms with Crippen molar-refractivity contribution in [2.45, 2.75) is 28.2 Å². The minimum absolute atomic E-state index is 0.306. The first-order valence-corrected chi connectivity index (χ1v) is 5.31. The number of hydrogen-bond donors (Lipinski definition) is 3. The molecule has 5 atom stereocenters. The smallest absolute Gasteiger partial charge is 0.128 e. The van der Waals surface area contributed by atoms with Crippen LogP contribution >= 0.6 is 31.9 Å². The van der Waals surface area contributed by atoms with Gasteiger partial charge in [-0.25, -0.2) is 0 Å². The fourth-order valence-electron chi connectivity index (χ4n) is 1.04. The number of rotatable bonds is 1. The Morgan fingerprint density at radius 3 is 2.25 bits per heavy atom. The maximum absolute atomic E-state index is 9.40. The number of hydrogen-bond acceptors (Lipinski definition) is 4. The minimum Gasteiger partial charge on any atom is -0.394 e. The first-order valence-electron chi connectivity index (χ1n) is 3.48. The summed E-state index contributed by atoms with van der Waals surface area (Å²) in [5.41, 5.74) is 0. The second-order valence-electron chi connectivity index (χ2n) is 2.63. The van der Waals surface area contributed by atoms with Crippen LogP contribution in [0.3, 0.4) is 0 Å². The Morgan fingerprint density at radius 1 is 1.17 bits per heavy atom. The van der Waals surface area contributed by atoms with Crippen LogP contribution in [0, 0.1) is 0 Å². The van der Waals surface area contributed by atoms with Crippen LogP contribution in [0.1, 0.15) is 0 Å². The van der Waals surface area contributed by atoms with E-state index in [1.165, 1.54) is 0 Å². The molecule has 1 saturated heterocycles. The van der Waals surface area contributed by atoms with E-state index in [-0.39, 0.29) is 11.4 Å². The summed E-state index contributed by atoms with van der Waals surface area (Å²) >= 11 is 6.30. The Kier molecular flexibility index (Phi) is 3.94. The molecule has 1 heterocycles. The summed E-state index contributed by atoms with van der Waals surface area (Å²) in [7, 11) is 0. The van der Waals surface area contributed by atoms with Crippen LogP contribution in [0.5, 0.6) is 0 Å². The largest absolute Gasteiger partial charge is 0.394 e. The highest BCUT2D eigenvalue weighted by Crippen LogP contribution is 2.29. The van der Waals surface area contributed by atoms with E-state index in [1.54, 1.807) is 0 Å². The number of halogens is 2. The van der Waals surface area contributed by atoms with Gasteiger partial charge in [-0.15, -0.1) is 0 Å². The first-order chi connectivity index (χ1) is 5.57. The van der Waals surface area contributed by atoms with Crippen molar-refractivity contribution in [3.05, 3.63) is 0 Å². The Labute approximate surface area is 86.8 Å². The molecule has 0 bridgehead atoms. The van der Waals surface area contributed by atoms with Gasteiger partial charge in [0.25, 0.3) is 0 Å². The highest BCUT2D eigenvalue weighted by Gasteiger charge is 2.41. The van der Waals surface area contributed by atoms with Crippen LogP contribution in [0.2, 0.25) is 0 Å². The molecule has 0 amide bonds. The van der Waals surface area contributed by atoms with Gasteiger partial charge in [-0.3, -0.25) is 0 Å². The molecule has 12 heavy (non-hydrogen) atoms. The van der Waals surface area contributed by atoms with Crippen LogP contribution in [0.25, 0.3) is 0 Å². The molecule has 3 N–H and O–H groups in total. The lowest BCUT2D eigenvalue weighted by molar-refractivity contribution is -0.150. The average molecular weight is 306 g/mol. The Bertz CT molecular complexity index is 152. The van der Waals surface area contributed by atoms with Gasteiger partial charge in [-0.2, -0.15) is 0 Å². The van der Waals surface area contributed by atoms with Crippen LogP contribution < -0.4 is 0 Å². The molecule has 0 radical (unpaired) electrons. The highest BCUT2D eigenvalue weighted by atomic mass is 79.9. The van der Waals surface area contributed by atoms with Crippen molar-refractivity contribution in [3.8, 4) is 0 Å². The van der Waals surface area contributed by atoms with Crippen molar-refractivity contribution >= 4 is 31.9 Å². The second kappa shape index (κ2) is 4.34.